The summed E-state index contributed by atoms with van der Waals surface area (Å²) in [5, 5.41) is 33.0. The number of aliphatic hydroxyl groups excluding tert-OH is 3. The SMILES string of the molecule is CCCCOC[C@H]1[C@@H](O)[C@H]([n+]2cn(C)c3c(=O)[nH]c(N)nc32)O[C@@H]1COP(=O)(O)OP(=O)(O)OP(=O)(O)OC[C@H]1O[C@@H](n2cnc3c(N)ncnc32)[C@H](OC)[C@@H]1P(=O)(O)OC[C@H]1O[C@@H](n2ccc(=O)[nH]c2=O)[C@H](O)[C@@H]1O. The minimum absolute atomic E-state index is 0.00511. The van der Waals surface area contributed by atoms with Crippen molar-refractivity contribution in [1.29, 1.82) is 0 Å². The van der Waals surface area contributed by atoms with E-state index in [0.29, 0.717) is 6.42 Å². The number of phosphoric ester groups is 2. The number of aliphatic hydroxyl groups is 3. The predicted octanol–water partition coefficient (Wildman–Crippen LogP) is -2.74. The summed E-state index contributed by atoms with van der Waals surface area (Å²) >= 11 is 0. The average molecular weight is 1160 g/mol. The van der Waals surface area contributed by atoms with E-state index in [0.717, 1.165) is 43.0 Å². The number of H-pyrrole nitrogens is 2. The van der Waals surface area contributed by atoms with E-state index in [9.17, 15) is 67.5 Å². The van der Waals surface area contributed by atoms with Gasteiger partial charge in [0.15, 0.2) is 30.2 Å². The molecule has 0 spiro atoms. The largest absolute Gasteiger partial charge is 0.490 e. The molecule has 0 amide bonds. The summed E-state index contributed by atoms with van der Waals surface area (Å²) in [4.78, 5) is 101. The van der Waals surface area contributed by atoms with E-state index in [1.54, 1.807) is 0 Å². The maximum absolute atomic E-state index is 14.3. The fraction of sp³-hybridized carbons (Fsp3) is 0.611. The molecule has 420 valence electrons. The lowest BCUT2D eigenvalue weighted by atomic mass is 9.99. The topological polar surface area (TPSA) is 507 Å². The first kappa shape index (κ1) is 57.6. The van der Waals surface area contributed by atoms with Crippen LogP contribution in [-0.4, -0.2) is 167 Å². The number of nitrogen functional groups attached to an aromatic ring is 2. The molecule has 0 saturated carbocycles. The van der Waals surface area contributed by atoms with Crippen LogP contribution in [0.4, 0.5) is 11.8 Å². The number of imidazole rings is 2. The lowest BCUT2D eigenvalue weighted by Crippen LogP contribution is -2.45. The van der Waals surface area contributed by atoms with E-state index >= 15 is 0 Å². The Morgan fingerprint density at radius 2 is 1.47 bits per heavy atom. The second-order valence-electron chi connectivity index (χ2n) is 17.3. The number of hydrogen-bond donors (Lipinski definition) is 11. The van der Waals surface area contributed by atoms with Crippen molar-refractivity contribution in [1.82, 2.24) is 43.6 Å². The predicted molar refractivity (Wildman–Crippen MR) is 250 cm³/mol. The van der Waals surface area contributed by atoms with Crippen molar-refractivity contribution in [3.8, 4) is 0 Å². The number of aromatic amines is 2. The number of aryl methyl sites for hydroxylation is 1. The van der Waals surface area contributed by atoms with E-state index in [1.807, 2.05) is 11.9 Å². The van der Waals surface area contributed by atoms with Crippen molar-refractivity contribution in [2.24, 2.45) is 13.0 Å². The summed E-state index contributed by atoms with van der Waals surface area (Å²) in [7, 11) is -20.7. The van der Waals surface area contributed by atoms with Gasteiger partial charge in [0.2, 0.25) is 11.7 Å². The van der Waals surface area contributed by atoms with Gasteiger partial charge >= 0.3 is 42.4 Å². The number of phosphoric acid groups is 3. The number of methoxy groups -OCH3 is 1. The number of nitrogens with zero attached hydrogens (tertiary/aromatic N) is 8. The van der Waals surface area contributed by atoms with Crippen LogP contribution in [-0.2, 0) is 71.2 Å². The molecule has 76 heavy (non-hydrogen) atoms. The number of nitrogens with two attached hydrogens (primary N) is 2. The highest BCUT2D eigenvalue weighted by Crippen LogP contribution is 2.68. The summed E-state index contributed by atoms with van der Waals surface area (Å²) < 4.78 is 111. The Labute approximate surface area is 425 Å². The zero-order valence-corrected chi connectivity index (χ0v) is 43.4. The Bertz CT molecular complexity index is 3300. The number of rotatable bonds is 23. The summed E-state index contributed by atoms with van der Waals surface area (Å²) in [5.41, 5.74) is 7.37. The third kappa shape index (κ3) is 12.2. The number of hydrogen-bond acceptors (Lipinski definition) is 26. The van der Waals surface area contributed by atoms with Crippen LogP contribution >= 0.6 is 31.1 Å². The van der Waals surface area contributed by atoms with Crippen molar-refractivity contribution < 1.29 is 104 Å². The molecule has 3 fully saturated rings. The number of ether oxygens (including phenoxy) is 5. The summed E-state index contributed by atoms with van der Waals surface area (Å²) in [5.74, 6) is -1.39. The average Bonchev–Trinajstić information content (AvgIpc) is 4.20. The molecule has 4 unspecified atom stereocenters. The molecule has 3 saturated heterocycles. The zero-order valence-electron chi connectivity index (χ0n) is 39.9. The van der Waals surface area contributed by atoms with Gasteiger partial charge in [0, 0.05) is 31.9 Å². The van der Waals surface area contributed by atoms with E-state index in [4.69, 9.17) is 48.7 Å². The van der Waals surface area contributed by atoms with Crippen molar-refractivity contribution in [2.45, 2.75) is 86.8 Å². The summed E-state index contributed by atoms with van der Waals surface area (Å²) in [6.45, 7) is -1.31. The number of fused-ring (bicyclic) bond motifs is 2. The van der Waals surface area contributed by atoms with E-state index in [2.05, 4.69) is 33.5 Å². The number of unbranched alkanes of at least 4 members (excludes halogenated alkanes) is 1. The van der Waals surface area contributed by atoms with Gasteiger partial charge in [-0.3, -0.25) is 46.9 Å². The van der Waals surface area contributed by atoms with Crippen LogP contribution in [0.25, 0.3) is 22.3 Å². The van der Waals surface area contributed by atoms with Gasteiger partial charge in [-0.1, -0.05) is 18.3 Å². The summed E-state index contributed by atoms with van der Waals surface area (Å²) in [6, 6.07) is 0.929. The molecule has 0 radical (unpaired) electrons. The monoisotopic (exact) mass is 1160 g/mol. The standard InChI is InChI=1S/C36H52N12O24P4/c1-4-5-8-64-9-16-17(68-32(23(16)50)48-15-45(2)22-30(48)43-35(38)44-31(22)53)10-66-74(57,58)71-76(61,62)72-75(59,60)67-12-19-27(26(63-3)34(70-19)47-14-41-21-28(37)39-13-40-29(21)47)73(55,56)65-11-18-24(51)25(52)33(69-18)46-7-6-20(49)42-36(46)54/h6-7,13-19,23-27,32-34,50-52H,4-5,8-12H2,1-3H3,(H9-,37,38,39,40,42,43,44,49,53,54,55,56,57,58,59,60,61,62)/p+1/t16-,17-,18-,19-,23-,24-,25-,26-,27-,32-,33-,34-/m1/s1. The number of aromatic nitrogens is 10. The summed E-state index contributed by atoms with van der Waals surface area (Å²) in [6.07, 6.45) is -10.2. The molecule has 3 aliphatic rings. The zero-order chi connectivity index (χ0) is 55.2. The van der Waals surface area contributed by atoms with E-state index in [-0.39, 0.29) is 47.3 Å². The smallest absolute Gasteiger partial charge is 0.387 e. The van der Waals surface area contributed by atoms with Crippen LogP contribution in [0.15, 0.2) is 45.6 Å². The van der Waals surface area contributed by atoms with Gasteiger partial charge in [-0.2, -0.15) is 8.62 Å². The first-order valence-corrected chi connectivity index (χ1v) is 28.7. The molecule has 0 bridgehead atoms. The van der Waals surface area contributed by atoms with Crippen LogP contribution in [0.3, 0.4) is 0 Å². The fourth-order valence-corrected chi connectivity index (χ4v) is 14.0. The van der Waals surface area contributed by atoms with Gasteiger partial charge in [0.05, 0.1) is 45.9 Å². The van der Waals surface area contributed by atoms with E-state index in [1.165, 1.54) is 27.1 Å². The molecule has 3 aliphatic heterocycles. The van der Waals surface area contributed by atoms with Crippen molar-refractivity contribution >= 4 is 65.2 Å². The third-order valence-electron chi connectivity index (χ3n) is 12.3. The molecule has 40 heteroatoms. The first-order valence-electron chi connectivity index (χ1n) is 22.5. The van der Waals surface area contributed by atoms with Crippen LogP contribution in [0, 0.1) is 5.92 Å². The van der Waals surface area contributed by atoms with Crippen LogP contribution in [0.2, 0.25) is 0 Å². The van der Waals surface area contributed by atoms with Gasteiger partial charge < -0.3 is 74.6 Å². The van der Waals surface area contributed by atoms with Crippen LogP contribution in [0.1, 0.15) is 38.4 Å². The van der Waals surface area contributed by atoms with Gasteiger partial charge in [0.25, 0.3) is 17.1 Å². The molecule has 0 aliphatic carbocycles. The second-order valence-corrected chi connectivity index (χ2v) is 23.9. The van der Waals surface area contributed by atoms with Crippen LogP contribution < -0.4 is 32.8 Å². The molecular formula is C36H53N12O24P4+. The highest BCUT2D eigenvalue weighted by atomic mass is 31.3. The Morgan fingerprint density at radius 1 is 0.803 bits per heavy atom. The first-order chi connectivity index (χ1) is 35.7. The Morgan fingerprint density at radius 3 is 2.14 bits per heavy atom. The third-order valence-corrected chi connectivity index (χ3v) is 18.4. The molecule has 36 nitrogen and oxygen atoms in total. The molecule has 8 heterocycles. The molecule has 5 aromatic heterocycles. The van der Waals surface area contributed by atoms with Gasteiger partial charge in [-0.05, 0) is 6.42 Å². The lowest BCUT2D eigenvalue weighted by molar-refractivity contribution is -0.745. The Kier molecular flexibility index (Phi) is 17.2. The van der Waals surface area contributed by atoms with Gasteiger partial charge in [-0.25, -0.2) is 38.0 Å². The molecule has 16 atom stereocenters. The Hall–Kier alpha value is -4.58. The van der Waals surface area contributed by atoms with E-state index < -0.39 is 141 Å². The quantitative estimate of drug-likeness (QED) is 0.0180. The minimum Gasteiger partial charge on any atom is -0.387 e. The van der Waals surface area contributed by atoms with Crippen molar-refractivity contribution in [3.05, 3.63) is 62.4 Å². The lowest BCUT2D eigenvalue weighted by Gasteiger charge is -2.28. The molecular weight excluding hydrogens is 1110 g/mol. The Balaban J connectivity index is 0.960. The van der Waals surface area contributed by atoms with Gasteiger partial charge in [0.1, 0.15) is 54.1 Å². The molecule has 13 N–H and O–H groups in total. The maximum Gasteiger partial charge on any atom is 0.490 e. The number of nitrogens with one attached hydrogen (secondary N) is 2. The highest BCUT2D eigenvalue weighted by molar-refractivity contribution is 7.66. The molecule has 0 aromatic carbocycles. The normalized spacial score (nSPS) is 30.1. The highest BCUT2D eigenvalue weighted by Gasteiger charge is 2.58. The fourth-order valence-electron chi connectivity index (χ4n) is 8.75. The molecule has 8 rings (SSSR count). The maximum atomic E-state index is 14.3. The molecule has 5 aromatic rings. The van der Waals surface area contributed by atoms with Gasteiger partial charge in [-0.15, -0.1) is 0 Å². The van der Waals surface area contributed by atoms with Crippen LogP contribution in [0.5, 0.6) is 0 Å². The number of anilines is 2. The second kappa shape index (κ2) is 22.6. The minimum atomic E-state index is -6.20. The van der Waals surface area contributed by atoms with Crippen molar-refractivity contribution in [2.75, 3.05) is 51.6 Å². The van der Waals surface area contributed by atoms with Crippen molar-refractivity contribution in [3.63, 3.8) is 0 Å².